The van der Waals surface area contributed by atoms with Gasteiger partial charge in [-0.1, -0.05) is 18.2 Å². The van der Waals surface area contributed by atoms with Crippen molar-refractivity contribution in [2.45, 2.75) is 37.1 Å². The van der Waals surface area contributed by atoms with E-state index < -0.39 is 0 Å². The molecule has 3 heterocycles. The number of amides is 2. The van der Waals surface area contributed by atoms with Crippen LogP contribution in [0.2, 0.25) is 0 Å². The molecule has 1 aromatic carbocycles. The molecule has 3 fully saturated rings. The first-order valence-electron chi connectivity index (χ1n) is 9.34. The molecule has 136 valence electrons. The summed E-state index contributed by atoms with van der Waals surface area (Å²) in [5.41, 5.74) is 0.644. The van der Waals surface area contributed by atoms with Crippen molar-refractivity contribution in [3.8, 4) is 0 Å². The van der Waals surface area contributed by atoms with Gasteiger partial charge in [0.2, 0.25) is 5.91 Å². The number of likely N-dealkylation sites (tertiary alicyclic amines) is 1. The van der Waals surface area contributed by atoms with Gasteiger partial charge in [-0.25, -0.2) is 4.79 Å². The van der Waals surface area contributed by atoms with Crippen molar-refractivity contribution in [1.29, 1.82) is 0 Å². The fourth-order valence-electron chi connectivity index (χ4n) is 4.62. The SMILES string of the molecule is O=C1NC2(CO1)CC(C(=O)N1CCC(c3cc4ccccc4o3)CC1)C2. The number of hydrogen-bond acceptors (Lipinski definition) is 4. The highest BCUT2D eigenvalue weighted by molar-refractivity contribution is 5.82. The number of piperidine rings is 1. The number of cyclic esters (lactones) is 1. The molecule has 0 unspecified atom stereocenters. The molecule has 2 aliphatic heterocycles. The lowest BCUT2D eigenvalue weighted by atomic mass is 9.68. The molecular formula is C20H22N2O4. The van der Waals surface area contributed by atoms with E-state index in [0.717, 1.165) is 42.7 Å². The number of furan rings is 1. The Kier molecular flexibility index (Phi) is 3.48. The van der Waals surface area contributed by atoms with Gasteiger partial charge in [0.1, 0.15) is 18.0 Å². The van der Waals surface area contributed by atoms with Gasteiger partial charge >= 0.3 is 6.09 Å². The van der Waals surface area contributed by atoms with Crippen LogP contribution in [0.1, 0.15) is 37.4 Å². The summed E-state index contributed by atoms with van der Waals surface area (Å²) in [6, 6.07) is 10.2. The Morgan fingerprint density at radius 2 is 1.96 bits per heavy atom. The van der Waals surface area contributed by atoms with Gasteiger partial charge in [-0.15, -0.1) is 0 Å². The van der Waals surface area contributed by atoms with Crippen LogP contribution in [0.3, 0.4) is 0 Å². The van der Waals surface area contributed by atoms with Gasteiger partial charge in [-0.3, -0.25) is 4.79 Å². The van der Waals surface area contributed by atoms with Crippen LogP contribution < -0.4 is 5.32 Å². The fourth-order valence-corrected chi connectivity index (χ4v) is 4.62. The number of nitrogens with one attached hydrogen (secondary N) is 1. The van der Waals surface area contributed by atoms with Gasteiger partial charge in [0.05, 0.1) is 5.54 Å². The molecule has 2 aromatic rings. The molecule has 1 spiro atoms. The molecular weight excluding hydrogens is 332 g/mol. The lowest BCUT2D eigenvalue weighted by Crippen LogP contribution is -2.58. The second-order valence-electron chi connectivity index (χ2n) is 7.87. The van der Waals surface area contributed by atoms with E-state index in [1.54, 1.807) is 0 Å². The van der Waals surface area contributed by atoms with Gasteiger partial charge in [0, 0.05) is 30.3 Å². The van der Waals surface area contributed by atoms with E-state index in [9.17, 15) is 9.59 Å². The summed E-state index contributed by atoms with van der Waals surface area (Å²) in [5, 5.41) is 3.99. The Bertz CT molecular complexity index is 827. The minimum atomic E-state index is -0.359. The monoisotopic (exact) mass is 354 g/mol. The zero-order valence-corrected chi connectivity index (χ0v) is 14.6. The van der Waals surface area contributed by atoms with Crippen LogP contribution in [0.5, 0.6) is 0 Å². The summed E-state index contributed by atoms with van der Waals surface area (Å²) in [6.45, 7) is 1.93. The van der Waals surface area contributed by atoms with Crippen molar-refractivity contribution in [2.75, 3.05) is 19.7 Å². The third-order valence-corrected chi connectivity index (χ3v) is 6.12. The molecule has 0 atom stereocenters. The average Bonchev–Trinajstić information content (AvgIpc) is 3.23. The summed E-state index contributed by atoms with van der Waals surface area (Å²) >= 11 is 0. The predicted molar refractivity (Wildman–Crippen MR) is 94.7 cm³/mol. The van der Waals surface area contributed by atoms with E-state index in [1.165, 1.54) is 0 Å². The third kappa shape index (κ3) is 2.55. The molecule has 2 amide bonds. The van der Waals surface area contributed by atoms with Gasteiger partial charge in [0.15, 0.2) is 0 Å². The zero-order chi connectivity index (χ0) is 17.7. The second kappa shape index (κ2) is 5.76. The van der Waals surface area contributed by atoms with Crippen LogP contribution in [0.25, 0.3) is 11.0 Å². The molecule has 26 heavy (non-hydrogen) atoms. The predicted octanol–water partition coefficient (Wildman–Crippen LogP) is 3.03. The maximum absolute atomic E-state index is 12.7. The van der Waals surface area contributed by atoms with E-state index in [4.69, 9.17) is 9.15 Å². The second-order valence-corrected chi connectivity index (χ2v) is 7.87. The van der Waals surface area contributed by atoms with Crippen LogP contribution in [0, 0.1) is 5.92 Å². The van der Waals surface area contributed by atoms with Crippen LogP contribution in [0.15, 0.2) is 34.7 Å². The first-order valence-corrected chi connectivity index (χ1v) is 9.34. The van der Waals surface area contributed by atoms with E-state index in [0.29, 0.717) is 25.4 Å². The van der Waals surface area contributed by atoms with Crippen LogP contribution in [-0.2, 0) is 9.53 Å². The number of para-hydroxylation sites is 1. The van der Waals surface area contributed by atoms with E-state index >= 15 is 0 Å². The maximum atomic E-state index is 12.7. The molecule has 0 radical (unpaired) electrons. The Morgan fingerprint density at radius 3 is 2.65 bits per heavy atom. The van der Waals surface area contributed by atoms with Crippen molar-refractivity contribution in [2.24, 2.45) is 5.92 Å². The lowest BCUT2D eigenvalue weighted by Gasteiger charge is -2.44. The molecule has 1 saturated carbocycles. The number of hydrogen-bond donors (Lipinski definition) is 1. The molecule has 6 nitrogen and oxygen atoms in total. The summed E-state index contributed by atoms with van der Waals surface area (Å²) in [4.78, 5) is 25.9. The first-order chi connectivity index (χ1) is 12.6. The Balaban J connectivity index is 1.18. The number of nitrogens with zero attached hydrogens (tertiary/aromatic N) is 1. The topological polar surface area (TPSA) is 71.8 Å². The highest BCUT2D eigenvalue weighted by Gasteiger charge is 2.53. The zero-order valence-electron chi connectivity index (χ0n) is 14.6. The van der Waals surface area contributed by atoms with Gasteiger partial charge in [0.25, 0.3) is 0 Å². The molecule has 0 bridgehead atoms. The number of rotatable bonds is 2. The summed E-state index contributed by atoms with van der Waals surface area (Å²) < 4.78 is 11.0. The summed E-state index contributed by atoms with van der Waals surface area (Å²) in [7, 11) is 0. The van der Waals surface area contributed by atoms with Crippen LogP contribution >= 0.6 is 0 Å². The third-order valence-electron chi connectivity index (χ3n) is 6.12. The van der Waals surface area contributed by atoms with Gasteiger partial charge in [-0.05, 0) is 37.8 Å². The first kappa shape index (κ1) is 15.7. The molecule has 5 rings (SSSR count). The number of benzene rings is 1. The Morgan fingerprint density at radius 1 is 1.19 bits per heavy atom. The van der Waals surface area contributed by atoms with Gasteiger partial charge in [-0.2, -0.15) is 0 Å². The quantitative estimate of drug-likeness (QED) is 0.900. The Labute approximate surface area is 151 Å². The molecule has 1 aliphatic carbocycles. The molecule has 2 saturated heterocycles. The minimum absolute atomic E-state index is 0.0137. The van der Waals surface area contributed by atoms with E-state index in [1.807, 2.05) is 23.1 Å². The van der Waals surface area contributed by atoms with Crippen molar-refractivity contribution < 1.29 is 18.7 Å². The van der Waals surface area contributed by atoms with Crippen molar-refractivity contribution in [1.82, 2.24) is 10.2 Å². The number of ether oxygens (including phenoxy) is 1. The smallest absolute Gasteiger partial charge is 0.407 e. The summed E-state index contributed by atoms with van der Waals surface area (Å²) in [5.74, 6) is 1.65. The van der Waals surface area contributed by atoms with Crippen molar-refractivity contribution in [3.05, 3.63) is 36.1 Å². The number of carbonyl (C=O) groups excluding carboxylic acids is 2. The number of fused-ring (bicyclic) bond motifs is 1. The largest absolute Gasteiger partial charge is 0.461 e. The standard InChI is InChI=1S/C20H22N2O4/c23-18(15-10-20(11-15)12-25-19(24)21-20)22-7-5-13(6-8-22)17-9-14-3-1-2-4-16(14)26-17/h1-4,9,13,15H,5-8,10-12H2,(H,21,24). The number of carbonyl (C=O) groups is 2. The maximum Gasteiger partial charge on any atom is 0.407 e. The van der Waals surface area contributed by atoms with E-state index in [-0.39, 0.29) is 23.5 Å². The molecule has 6 heteroatoms. The Hall–Kier alpha value is -2.50. The minimum Gasteiger partial charge on any atom is -0.461 e. The number of alkyl carbamates (subject to hydrolysis) is 1. The molecule has 1 N–H and O–H groups in total. The van der Waals surface area contributed by atoms with Crippen molar-refractivity contribution >= 4 is 23.0 Å². The van der Waals surface area contributed by atoms with Crippen LogP contribution in [-0.4, -0.2) is 42.1 Å². The van der Waals surface area contributed by atoms with E-state index in [2.05, 4.69) is 17.4 Å². The van der Waals surface area contributed by atoms with Crippen molar-refractivity contribution in [3.63, 3.8) is 0 Å². The lowest BCUT2D eigenvalue weighted by molar-refractivity contribution is -0.142. The fraction of sp³-hybridized carbons (Fsp3) is 0.500. The molecule has 1 aromatic heterocycles. The highest BCUT2D eigenvalue weighted by atomic mass is 16.6. The van der Waals surface area contributed by atoms with Gasteiger partial charge < -0.3 is 19.4 Å². The average molecular weight is 354 g/mol. The summed E-state index contributed by atoms with van der Waals surface area (Å²) in [6.07, 6.45) is 2.90. The molecule has 3 aliphatic rings. The van der Waals surface area contributed by atoms with Crippen LogP contribution in [0.4, 0.5) is 4.79 Å². The normalized spacial score (nSPS) is 28.8. The highest BCUT2D eigenvalue weighted by Crippen LogP contribution is 2.42.